The van der Waals surface area contributed by atoms with E-state index in [0.29, 0.717) is 5.69 Å². The normalized spacial score (nSPS) is 10.7. The van der Waals surface area contributed by atoms with Crippen LogP contribution in [0.25, 0.3) is 10.9 Å². The molecule has 0 aliphatic heterocycles. The van der Waals surface area contributed by atoms with Gasteiger partial charge in [0.2, 0.25) is 5.91 Å². The highest BCUT2D eigenvalue weighted by molar-refractivity contribution is 6.00. The first kappa shape index (κ1) is 17.5. The molecule has 124 valence electrons. The van der Waals surface area contributed by atoms with Crippen LogP contribution in [0.4, 0.5) is 10.1 Å². The van der Waals surface area contributed by atoms with Crippen LogP contribution in [-0.2, 0) is 11.3 Å². The number of fused-ring (bicyclic) bond motifs is 1. The number of nitrogens with zero attached hydrogens (tertiary/aromatic N) is 2. The smallest absolute Gasteiger partial charge is 0.244 e. The Morgan fingerprint density at radius 1 is 1.21 bits per heavy atom. The lowest BCUT2D eigenvalue weighted by Crippen LogP contribution is -2.18. The molecule has 7 heteroatoms. The van der Waals surface area contributed by atoms with Gasteiger partial charge in [-0.25, -0.2) is 4.39 Å². The lowest BCUT2D eigenvalue weighted by molar-refractivity contribution is -0.116. The topological polar surface area (TPSA) is 66.6 Å². The van der Waals surface area contributed by atoms with Crippen molar-refractivity contribution in [3.05, 3.63) is 66.1 Å². The van der Waals surface area contributed by atoms with Crippen LogP contribution in [0.15, 0.2) is 59.9 Å². The van der Waals surface area contributed by atoms with E-state index in [9.17, 15) is 9.18 Å². The summed E-state index contributed by atoms with van der Waals surface area (Å²) in [5.74, 6) is -0.586. The summed E-state index contributed by atoms with van der Waals surface area (Å²) in [5.41, 5.74) is 2.11. The Morgan fingerprint density at radius 2 is 1.92 bits per heavy atom. The summed E-state index contributed by atoms with van der Waals surface area (Å²) in [6, 6.07) is 13.1. The first-order valence-corrected chi connectivity index (χ1v) is 6.98. The van der Waals surface area contributed by atoms with Crippen molar-refractivity contribution in [2.24, 2.45) is 5.16 Å². The largest absolute Gasteiger partial charge is 0.411 e. The van der Waals surface area contributed by atoms with Gasteiger partial charge in [-0.15, -0.1) is 12.4 Å². The second-order valence-corrected chi connectivity index (χ2v) is 5.03. The summed E-state index contributed by atoms with van der Waals surface area (Å²) in [4.78, 5) is 12.2. The number of aromatic nitrogens is 1. The number of rotatable bonds is 4. The molecular weight excluding hydrogens is 333 g/mol. The van der Waals surface area contributed by atoms with Gasteiger partial charge in [-0.2, -0.15) is 0 Å². The summed E-state index contributed by atoms with van der Waals surface area (Å²) < 4.78 is 14.6. The highest BCUT2D eigenvalue weighted by Gasteiger charge is 2.10. The van der Waals surface area contributed by atoms with Gasteiger partial charge in [-0.3, -0.25) is 4.79 Å². The highest BCUT2D eigenvalue weighted by Crippen LogP contribution is 2.20. The fraction of sp³-hybridized carbons (Fsp3) is 0.0588. The van der Waals surface area contributed by atoms with Crippen LogP contribution < -0.4 is 5.32 Å². The van der Waals surface area contributed by atoms with E-state index >= 15 is 0 Å². The van der Waals surface area contributed by atoms with Crippen molar-refractivity contribution in [1.82, 2.24) is 4.57 Å². The van der Waals surface area contributed by atoms with Gasteiger partial charge in [-0.1, -0.05) is 23.4 Å². The molecule has 3 aromatic rings. The van der Waals surface area contributed by atoms with Crippen LogP contribution in [0.5, 0.6) is 0 Å². The second-order valence-electron chi connectivity index (χ2n) is 5.03. The number of hydrogen-bond donors (Lipinski definition) is 2. The van der Waals surface area contributed by atoms with Crippen LogP contribution >= 0.6 is 12.4 Å². The molecule has 0 bridgehead atoms. The van der Waals surface area contributed by atoms with E-state index in [1.165, 1.54) is 30.5 Å². The van der Waals surface area contributed by atoms with Crippen molar-refractivity contribution in [2.45, 2.75) is 6.54 Å². The Balaban J connectivity index is 0.00000208. The van der Waals surface area contributed by atoms with Gasteiger partial charge < -0.3 is 15.1 Å². The zero-order valence-electron chi connectivity index (χ0n) is 12.5. The molecule has 0 atom stereocenters. The molecule has 2 aromatic carbocycles. The molecule has 0 aliphatic carbocycles. The molecule has 0 aliphatic rings. The standard InChI is InChI=1S/C17H14FN3O2.ClH/c18-13-5-7-14(8-6-13)20-17(22)11-21-10-12(9-19-23)15-3-1-2-4-16(15)21;/h1-10,23H,11H2,(H,20,22);1H. The number of para-hydroxylation sites is 1. The maximum Gasteiger partial charge on any atom is 0.244 e. The van der Waals surface area contributed by atoms with Crippen molar-refractivity contribution < 1.29 is 14.4 Å². The number of amides is 1. The molecule has 0 spiro atoms. The van der Waals surface area contributed by atoms with Crippen LogP contribution in [0, 0.1) is 5.82 Å². The number of oxime groups is 1. The Labute approximate surface area is 143 Å². The summed E-state index contributed by atoms with van der Waals surface area (Å²) in [5, 5.41) is 15.4. The summed E-state index contributed by atoms with van der Waals surface area (Å²) in [6.07, 6.45) is 3.07. The minimum Gasteiger partial charge on any atom is -0.411 e. The summed E-state index contributed by atoms with van der Waals surface area (Å²) in [7, 11) is 0. The number of halogens is 2. The van der Waals surface area contributed by atoms with Gasteiger partial charge >= 0.3 is 0 Å². The van der Waals surface area contributed by atoms with Crippen molar-refractivity contribution in [3.63, 3.8) is 0 Å². The van der Waals surface area contributed by atoms with Gasteiger partial charge in [0.1, 0.15) is 12.4 Å². The predicted octanol–water partition coefficient (Wildman–Crippen LogP) is 3.65. The number of benzene rings is 2. The van der Waals surface area contributed by atoms with E-state index in [2.05, 4.69) is 10.5 Å². The maximum atomic E-state index is 12.9. The van der Waals surface area contributed by atoms with Crippen LogP contribution in [0.1, 0.15) is 5.56 Å². The molecule has 1 amide bonds. The zero-order chi connectivity index (χ0) is 16.2. The van der Waals surface area contributed by atoms with Crippen LogP contribution in [0.3, 0.4) is 0 Å². The van der Waals surface area contributed by atoms with E-state index in [1.807, 2.05) is 24.3 Å². The molecule has 0 radical (unpaired) electrons. The first-order valence-electron chi connectivity index (χ1n) is 6.98. The zero-order valence-corrected chi connectivity index (χ0v) is 13.3. The van der Waals surface area contributed by atoms with Gasteiger partial charge in [0.05, 0.1) is 6.21 Å². The molecule has 0 unspecified atom stereocenters. The van der Waals surface area contributed by atoms with Crippen molar-refractivity contribution in [3.8, 4) is 0 Å². The highest BCUT2D eigenvalue weighted by atomic mass is 35.5. The molecule has 2 N–H and O–H groups in total. The second kappa shape index (κ2) is 7.61. The molecule has 5 nitrogen and oxygen atoms in total. The lowest BCUT2D eigenvalue weighted by Gasteiger charge is -2.07. The van der Waals surface area contributed by atoms with E-state index in [4.69, 9.17) is 5.21 Å². The molecule has 0 fully saturated rings. The average molecular weight is 348 g/mol. The number of nitrogens with one attached hydrogen (secondary N) is 1. The van der Waals surface area contributed by atoms with E-state index in [1.54, 1.807) is 10.8 Å². The average Bonchev–Trinajstić information content (AvgIpc) is 2.88. The minimum absolute atomic E-state index is 0. The third kappa shape index (κ3) is 3.72. The van der Waals surface area contributed by atoms with E-state index in [-0.39, 0.29) is 30.7 Å². The Bertz CT molecular complexity index is 875. The monoisotopic (exact) mass is 347 g/mol. The Kier molecular flexibility index (Phi) is 5.55. The van der Waals surface area contributed by atoms with Crippen LogP contribution in [-0.4, -0.2) is 21.9 Å². The number of carbonyl (C=O) groups excluding carboxylic acids is 1. The lowest BCUT2D eigenvalue weighted by atomic mass is 10.2. The Hall–Kier alpha value is -2.86. The molecule has 24 heavy (non-hydrogen) atoms. The fourth-order valence-electron chi connectivity index (χ4n) is 2.46. The predicted molar refractivity (Wildman–Crippen MR) is 93.6 cm³/mol. The number of hydrogen-bond acceptors (Lipinski definition) is 3. The quantitative estimate of drug-likeness (QED) is 0.430. The van der Waals surface area contributed by atoms with Crippen molar-refractivity contribution in [2.75, 3.05) is 5.32 Å². The summed E-state index contributed by atoms with van der Waals surface area (Å²) >= 11 is 0. The molecule has 0 saturated heterocycles. The van der Waals surface area contributed by atoms with E-state index < -0.39 is 0 Å². The molecule has 1 heterocycles. The Morgan fingerprint density at radius 3 is 2.62 bits per heavy atom. The molecular formula is C17H15ClFN3O2. The van der Waals surface area contributed by atoms with Crippen molar-refractivity contribution in [1.29, 1.82) is 0 Å². The SMILES string of the molecule is Cl.O=C(Cn1cc(C=NO)c2ccccc21)Nc1ccc(F)cc1. The maximum absolute atomic E-state index is 12.9. The molecule has 3 rings (SSSR count). The molecule has 1 aromatic heterocycles. The molecule has 0 saturated carbocycles. The van der Waals surface area contributed by atoms with Gasteiger partial charge in [0.15, 0.2) is 0 Å². The van der Waals surface area contributed by atoms with Crippen LogP contribution in [0.2, 0.25) is 0 Å². The first-order chi connectivity index (χ1) is 11.2. The number of carbonyl (C=O) groups is 1. The summed E-state index contributed by atoms with van der Waals surface area (Å²) in [6.45, 7) is 0.0944. The van der Waals surface area contributed by atoms with Gasteiger partial charge in [0, 0.05) is 28.4 Å². The van der Waals surface area contributed by atoms with Gasteiger partial charge in [-0.05, 0) is 30.3 Å². The van der Waals surface area contributed by atoms with Crippen molar-refractivity contribution >= 4 is 41.1 Å². The third-order valence-electron chi connectivity index (χ3n) is 3.46. The minimum atomic E-state index is -0.354. The van der Waals surface area contributed by atoms with Gasteiger partial charge in [0.25, 0.3) is 0 Å². The van der Waals surface area contributed by atoms with E-state index in [0.717, 1.165) is 16.5 Å². The fourth-order valence-corrected chi connectivity index (χ4v) is 2.46. The third-order valence-corrected chi connectivity index (χ3v) is 3.46. The number of anilines is 1.